The van der Waals surface area contributed by atoms with Crippen LogP contribution in [0.4, 0.5) is 4.79 Å². The molecule has 1 atom stereocenters. The minimum Gasteiger partial charge on any atom is -0.481 e. The maximum absolute atomic E-state index is 12.5. The molecular formula is C28H34N2O5. The summed E-state index contributed by atoms with van der Waals surface area (Å²) in [6, 6.07) is 16.4. The summed E-state index contributed by atoms with van der Waals surface area (Å²) in [7, 11) is 0. The number of hydrogen-bond acceptors (Lipinski definition) is 4. The predicted octanol–water partition coefficient (Wildman–Crippen LogP) is 4.56. The van der Waals surface area contributed by atoms with Crippen molar-refractivity contribution >= 4 is 18.0 Å². The number of benzene rings is 2. The molecule has 0 heterocycles. The molecule has 2 aliphatic carbocycles. The zero-order valence-electron chi connectivity index (χ0n) is 20.4. The molecule has 186 valence electrons. The smallest absolute Gasteiger partial charge is 0.407 e. The molecule has 0 aliphatic heterocycles. The van der Waals surface area contributed by atoms with Gasteiger partial charge >= 0.3 is 12.1 Å². The lowest BCUT2D eigenvalue weighted by Crippen LogP contribution is -2.38. The summed E-state index contributed by atoms with van der Waals surface area (Å²) in [4.78, 5) is 36.0. The predicted molar refractivity (Wildman–Crippen MR) is 133 cm³/mol. The first-order chi connectivity index (χ1) is 16.7. The van der Waals surface area contributed by atoms with E-state index in [0.29, 0.717) is 25.4 Å². The van der Waals surface area contributed by atoms with Crippen LogP contribution < -0.4 is 10.6 Å². The first-order valence-corrected chi connectivity index (χ1v) is 12.3. The highest BCUT2D eigenvalue weighted by Crippen LogP contribution is 2.44. The number of ether oxygens (including phenoxy) is 1. The molecule has 1 unspecified atom stereocenters. The van der Waals surface area contributed by atoms with Crippen molar-refractivity contribution in [1.29, 1.82) is 0 Å². The van der Waals surface area contributed by atoms with E-state index in [-0.39, 0.29) is 30.8 Å². The van der Waals surface area contributed by atoms with Crippen LogP contribution in [0.2, 0.25) is 0 Å². The van der Waals surface area contributed by atoms with E-state index in [1.165, 1.54) is 22.3 Å². The molecule has 7 nitrogen and oxygen atoms in total. The SMILES string of the molecule is CC(C)(CNC(=O)CC(CNC(=O)OCC1c2ccccc2-c2ccccc21)C1CC1)CC(=O)O. The van der Waals surface area contributed by atoms with Gasteiger partial charge in [-0.05, 0) is 52.3 Å². The van der Waals surface area contributed by atoms with Crippen LogP contribution in [-0.4, -0.2) is 42.8 Å². The number of hydrogen-bond donors (Lipinski definition) is 3. The van der Waals surface area contributed by atoms with Crippen molar-refractivity contribution in [3.05, 3.63) is 59.7 Å². The van der Waals surface area contributed by atoms with E-state index in [1.54, 1.807) is 0 Å². The molecule has 0 aromatic heterocycles. The maximum atomic E-state index is 12.5. The van der Waals surface area contributed by atoms with Crippen LogP contribution in [0.1, 0.15) is 56.6 Å². The van der Waals surface area contributed by atoms with Gasteiger partial charge in [-0.15, -0.1) is 0 Å². The highest BCUT2D eigenvalue weighted by molar-refractivity contribution is 5.79. The minimum absolute atomic E-state index is 0.00677. The van der Waals surface area contributed by atoms with Gasteiger partial charge in [0.05, 0.1) is 6.42 Å². The van der Waals surface area contributed by atoms with Gasteiger partial charge in [-0.3, -0.25) is 9.59 Å². The van der Waals surface area contributed by atoms with Crippen LogP contribution in [0.3, 0.4) is 0 Å². The third-order valence-corrected chi connectivity index (χ3v) is 6.98. The highest BCUT2D eigenvalue weighted by atomic mass is 16.5. The highest BCUT2D eigenvalue weighted by Gasteiger charge is 2.34. The quantitative estimate of drug-likeness (QED) is 0.439. The first kappa shape index (κ1) is 24.8. The van der Waals surface area contributed by atoms with Crippen LogP contribution in [0.25, 0.3) is 11.1 Å². The Morgan fingerprint density at radius 2 is 1.60 bits per heavy atom. The molecule has 0 saturated heterocycles. The van der Waals surface area contributed by atoms with Crippen LogP contribution in [0, 0.1) is 17.3 Å². The summed E-state index contributed by atoms with van der Waals surface area (Å²) in [6.45, 7) is 4.58. The summed E-state index contributed by atoms with van der Waals surface area (Å²) >= 11 is 0. The van der Waals surface area contributed by atoms with Crippen LogP contribution in [0.5, 0.6) is 0 Å². The molecular weight excluding hydrogens is 444 g/mol. The number of carboxylic acids is 1. The Hall–Kier alpha value is -3.35. The molecule has 1 saturated carbocycles. The number of alkyl carbamates (subject to hydrolysis) is 1. The molecule has 2 amide bonds. The third-order valence-electron chi connectivity index (χ3n) is 6.98. The average Bonchev–Trinajstić information content (AvgIpc) is 3.61. The van der Waals surface area contributed by atoms with Crippen molar-refractivity contribution in [3.8, 4) is 11.1 Å². The second-order valence-electron chi connectivity index (χ2n) is 10.5. The normalized spacial score (nSPS) is 15.6. The van der Waals surface area contributed by atoms with Gasteiger partial charge in [0, 0.05) is 25.4 Å². The van der Waals surface area contributed by atoms with Crippen LogP contribution >= 0.6 is 0 Å². The number of nitrogens with one attached hydrogen (secondary N) is 2. The van der Waals surface area contributed by atoms with E-state index in [1.807, 2.05) is 38.1 Å². The lowest BCUT2D eigenvalue weighted by Gasteiger charge is -2.24. The number of rotatable bonds is 11. The average molecular weight is 479 g/mol. The van der Waals surface area contributed by atoms with Crippen molar-refractivity contribution in [2.75, 3.05) is 19.7 Å². The Morgan fingerprint density at radius 3 is 2.17 bits per heavy atom. The fourth-order valence-electron chi connectivity index (χ4n) is 4.96. The number of carboxylic acid groups (broad SMARTS) is 1. The number of amides is 2. The number of carbonyl (C=O) groups excluding carboxylic acids is 2. The van der Waals surface area contributed by atoms with E-state index in [0.717, 1.165) is 12.8 Å². The van der Waals surface area contributed by atoms with Gasteiger partial charge in [-0.25, -0.2) is 4.79 Å². The van der Waals surface area contributed by atoms with Gasteiger partial charge in [0.1, 0.15) is 6.61 Å². The Bertz CT molecular complexity index is 1050. The standard InChI is InChI=1S/C28H34N2O5/c1-28(2,14-26(32)33)17-30-25(31)13-19(18-11-12-18)15-29-27(34)35-16-24-22-9-5-3-7-20(22)21-8-4-6-10-23(21)24/h3-10,18-19,24H,11-17H2,1-2H3,(H,29,34)(H,30,31)(H,32,33). The van der Waals surface area contributed by atoms with E-state index in [2.05, 4.69) is 34.9 Å². The largest absolute Gasteiger partial charge is 0.481 e. The van der Waals surface area contributed by atoms with Gasteiger partial charge < -0.3 is 20.5 Å². The van der Waals surface area contributed by atoms with E-state index < -0.39 is 17.5 Å². The molecule has 7 heteroatoms. The van der Waals surface area contributed by atoms with Crippen LogP contribution in [0.15, 0.2) is 48.5 Å². The summed E-state index contributed by atoms with van der Waals surface area (Å²) < 4.78 is 5.62. The zero-order valence-corrected chi connectivity index (χ0v) is 20.4. The van der Waals surface area contributed by atoms with Crippen molar-refractivity contribution in [2.45, 2.75) is 45.4 Å². The molecule has 0 spiro atoms. The van der Waals surface area contributed by atoms with Gasteiger partial charge in [0.2, 0.25) is 5.91 Å². The third kappa shape index (κ3) is 6.41. The molecule has 4 rings (SSSR count). The monoisotopic (exact) mass is 478 g/mol. The molecule has 1 fully saturated rings. The van der Waals surface area contributed by atoms with Crippen molar-refractivity contribution in [1.82, 2.24) is 10.6 Å². The second kappa shape index (κ2) is 10.5. The zero-order chi connectivity index (χ0) is 25.0. The summed E-state index contributed by atoms with van der Waals surface area (Å²) in [5, 5.41) is 14.7. The Balaban J connectivity index is 1.26. The van der Waals surface area contributed by atoms with Crippen LogP contribution in [-0.2, 0) is 14.3 Å². The minimum atomic E-state index is -0.882. The van der Waals surface area contributed by atoms with Crippen molar-refractivity contribution in [2.24, 2.45) is 17.3 Å². The topological polar surface area (TPSA) is 105 Å². The maximum Gasteiger partial charge on any atom is 0.407 e. The van der Waals surface area contributed by atoms with Gasteiger partial charge in [-0.2, -0.15) is 0 Å². The first-order valence-electron chi connectivity index (χ1n) is 12.3. The fraction of sp³-hybridized carbons (Fsp3) is 0.464. The Kier molecular flexibility index (Phi) is 7.43. The summed E-state index contributed by atoms with van der Waals surface area (Å²) in [5.74, 6) is -0.533. The Labute approximate surface area is 206 Å². The van der Waals surface area contributed by atoms with Gasteiger partial charge in [-0.1, -0.05) is 62.4 Å². The molecule has 2 aromatic carbocycles. The van der Waals surface area contributed by atoms with Crippen molar-refractivity contribution in [3.63, 3.8) is 0 Å². The van der Waals surface area contributed by atoms with E-state index in [9.17, 15) is 14.4 Å². The lowest BCUT2D eigenvalue weighted by molar-refractivity contribution is -0.139. The van der Waals surface area contributed by atoms with Crippen molar-refractivity contribution < 1.29 is 24.2 Å². The number of aliphatic carboxylic acids is 1. The molecule has 0 radical (unpaired) electrons. The molecule has 2 aromatic rings. The molecule has 0 bridgehead atoms. The molecule has 3 N–H and O–H groups in total. The number of fused-ring (bicyclic) bond motifs is 3. The second-order valence-corrected chi connectivity index (χ2v) is 10.5. The van der Waals surface area contributed by atoms with Gasteiger partial charge in [0.15, 0.2) is 0 Å². The Morgan fingerprint density at radius 1 is 1.00 bits per heavy atom. The lowest BCUT2D eigenvalue weighted by atomic mass is 9.89. The summed E-state index contributed by atoms with van der Waals surface area (Å²) in [6.07, 6.45) is 1.92. The molecule has 2 aliphatic rings. The van der Waals surface area contributed by atoms with Gasteiger partial charge in [0.25, 0.3) is 0 Å². The fourth-order valence-corrected chi connectivity index (χ4v) is 4.96. The van der Waals surface area contributed by atoms with E-state index >= 15 is 0 Å². The van der Waals surface area contributed by atoms with E-state index in [4.69, 9.17) is 9.84 Å². The summed E-state index contributed by atoms with van der Waals surface area (Å²) in [5.41, 5.74) is 4.18. The molecule has 35 heavy (non-hydrogen) atoms. The number of carbonyl (C=O) groups is 3.